The number of hydrogen-bond donors (Lipinski definition) is 0. The van der Waals surface area contributed by atoms with E-state index in [1.54, 1.807) is 7.11 Å². The lowest BCUT2D eigenvalue weighted by Gasteiger charge is -2.33. The Morgan fingerprint density at radius 2 is 2.04 bits per heavy atom. The Labute approximate surface area is 149 Å². The lowest BCUT2D eigenvalue weighted by Crippen LogP contribution is -2.46. The molecule has 1 fully saturated rings. The molecule has 2 aromatic rings. The molecule has 3 rings (SSSR count). The minimum absolute atomic E-state index is 0.0105. The summed E-state index contributed by atoms with van der Waals surface area (Å²) in [5, 5.41) is 0. The van der Waals surface area contributed by atoms with Crippen molar-refractivity contribution in [3.8, 4) is 5.75 Å². The van der Waals surface area contributed by atoms with E-state index in [-0.39, 0.29) is 12.0 Å². The fourth-order valence-electron chi connectivity index (χ4n) is 3.15. The maximum Gasteiger partial charge on any atom is 0.254 e. The minimum atomic E-state index is 0.0105. The lowest BCUT2D eigenvalue weighted by atomic mass is 10.0. The molecule has 1 atom stereocenters. The number of aryl methyl sites for hydroxylation is 2. The molecule has 4 heteroatoms. The van der Waals surface area contributed by atoms with E-state index < -0.39 is 0 Å². The van der Waals surface area contributed by atoms with E-state index in [9.17, 15) is 4.79 Å². The molecule has 4 nitrogen and oxygen atoms in total. The van der Waals surface area contributed by atoms with Gasteiger partial charge in [0.1, 0.15) is 5.75 Å². The van der Waals surface area contributed by atoms with Crippen molar-refractivity contribution in [1.29, 1.82) is 0 Å². The number of nitrogens with zero attached hydrogens (tertiary/aromatic N) is 1. The predicted molar refractivity (Wildman–Crippen MR) is 98.3 cm³/mol. The number of benzene rings is 2. The predicted octanol–water partition coefficient (Wildman–Crippen LogP) is 3.40. The SMILES string of the molecule is COc1cccc(C[C@H]2CN(C(=O)c3ccc(C)c(C)c3)CCO2)c1. The van der Waals surface area contributed by atoms with Gasteiger partial charge in [-0.2, -0.15) is 0 Å². The van der Waals surface area contributed by atoms with E-state index in [1.165, 1.54) is 5.56 Å². The summed E-state index contributed by atoms with van der Waals surface area (Å²) in [7, 11) is 1.67. The fraction of sp³-hybridized carbons (Fsp3) is 0.381. The smallest absolute Gasteiger partial charge is 0.254 e. The summed E-state index contributed by atoms with van der Waals surface area (Å²) >= 11 is 0. The molecule has 0 spiro atoms. The zero-order valence-electron chi connectivity index (χ0n) is 15.1. The van der Waals surface area contributed by atoms with Crippen LogP contribution in [0.15, 0.2) is 42.5 Å². The van der Waals surface area contributed by atoms with Crippen molar-refractivity contribution in [3.05, 3.63) is 64.7 Å². The van der Waals surface area contributed by atoms with Crippen LogP contribution in [0.1, 0.15) is 27.0 Å². The summed E-state index contributed by atoms with van der Waals surface area (Å²) in [6.45, 7) is 5.92. The fourth-order valence-corrected chi connectivity index (χ4v) is 3.15. The number of carbonyl (C=O) groups excluding carboxylic acids is 1. The molecule has 0 N–H and O–H groups in total. The quantitative estimate of drug-likeness (QED) is 0.857. The van der Waals surface area contributed by atoms with Crippen LogP contribution < -0.4 is 4.74 Å². The van der Waals surface area contributed by atoms with Gasteiger partial charge in [0.25, 0.3) is 5.91 Å². The van der Waals surface area contributed by atoms with Crippen molar-refractivity contribution in [2.45, 2.75) is 26.4 Å². The average molecular weight is 339 g/mol. The first-order chi connectivity index (χ1) is 12.1. The van der Waals surface area contributed by atoms with Crippen molar-refractivity contribution >= 4 is 5.91 Å². The van der Waals surface area contributed by atoms with Crippen LogP contribution >= 0.6 is 0 Å². The number of ether oxygens (including phenoxy) is 2. The first kappa shape index (κ1) is 17.5. The van der Waals surface area contributed by atoms with Gasteiger partial charge >= 0.3 is 0 Å². The Hall–Kier alpha value is -2.33. The standard InChI is InChI=1S/C21H25NO3/c1-15-7-8-18(11-16(15)2)21(23)22-9-10-25-20(14-22)13-17-5-4-6-19(12-17)24-3/h4-8,11-12,20H,9-10,13-14H2,1-3H3/t20-/m0/s1. The van der Waals surface area contributed by atoms with E-state index in [2.05, 4.69) is 13.0 Å². The van der Waals surface area contributed by atoms with E-state index >= 15 is 0 Å². The van der Waals surface area contributed by atoms with E-state index in [0.29, 0.717) is 19.7 Å². The Balaban J connectivity index is 1.67. The molecule has 0 bridgehead atoms. The van der Waals surface area contributed by atoms with Crippen LogP contribution in [-0.2, 0) is 11.2 Å². The normalized spacial score (nSPS) is 17.4. The highest BCUT2D eigenvalue weighted by molar-refractivity contribution is 5.94. The van der Waals surface area contributed by atoms with Gasteiger partial charge in [-0.1, -0.05) is 18.2 Å². The molecule has 25 heavy (non-hydrogen) atoms. The third-order valence-electron chi connectivity index (χ3n) is 4.78. The van der Waals surface area contributed by atoms with Crippen LogP contribution in [0.5, 0.6) is 5.75 Å². The van der Waals surface area contributed by atoms with Gasteiger partial charge in [0.2, 0.25) is 0 Å². The molecule has 1 aliphatic heterocycles. The van der Waals surface area contributed by atoms with Crippen molar-refractivity contribution in [1.82, 2.24) is 4.90 Å². The summed E-state index contributed by atoms with van der Waals surface area (Å²) in [6.07, 6.45) is 0.782. The second-order valence-electron chi connectivity index (χ2n) is 6.60. The maximum atomic E-state index is 12.8. The molecular weight excluding hydrogens is 314 g/mol. The van der Waals surface area contributed by atoms with Gasteiger partial charge in [-0.15, -0.1) is 0 Å². The van der Waals surface area contributed by atoms with Gasteiger partial charge in [-0.25, -0.2) is 0 Å². The van der Waals surface area contributed by atoms with Gasteiger partial charge in [-0.05, 0) is 54.8 Å². The number of methoxy groups -OCH3 is 1. The van der Waals surface area contributed by atoms with Crippen LogP contribution in [0.2, 0.25) is 0 Å². The van der Waals surface area contributed by atoms with Gasteiger partial charge in [0.05, 0.1) is 19.8 Å². The molecule has 0 aliphatic carbocycles. The second-order valence-corrected chi connectivity index (χ2v) is 6.60. The number of morpholine rings is 1. The number of amides is 1. The summed E-state index contributed by atoms with van der Waals surface area (Å²) in [6, 6.07) is 13.9. The minimum Gasteiger partial charge on any atom is -0.497 e. The van der Waals surface area contributed by atoms with E-state index in [4.69, 9.17) is 9.47 Å². The summed E-state index contributed by atoms with van der Waals surface area (Å²) in [5.41, 5.74) is 4.26. The highest BCUT2D eigenvalue weighted by atomic mass is 16.5. The van der Waals surface area contributed by atoms with E-state index in [1.807, 2.05) is 48.2 Å². The van der Waals surface area contributed by atoms with Crippen molar-refractivity contribution in [3.63, 3.8) is 0 Å². The highest BCUT2D eigenvalue weighted by Crippen LogP contribution is 2.19. The monoisotopic (exact) mass is 339 g/mol. The Bertz CT molecular complexity index is 757. The topological polar surface area (TPSA) is 38.8 Å². The van der Waals surface area contributed by atoms with Gasteiger partial charge in [0, 0.05) is 25.1 Å². The zero-order chi connectivity index (χ0) is 17.8. The average Bonchev–Trinajstić information content (AvgIpc) is 2.64. The zero-order valence-corrected chi connectivity index (χ0v) is 15.1. The molecule has 0 saturated carbocycles. The summed E-state index contributed by atoms with van der Waals surface area (Å²) in [5.74, 6) is 0.929. The molecular formula is C21H25NO3. The van der Waals surface area contributed by atoms with Crippen LogP contribution in [0, 0.1) is 13.8 Å². The van der Waals surface area contributed by atoms with Crippen LogP contribution in [0.25, 0.3) is 0 Å². The lowest BCUT2D eigenvalue weighted by molar-refractivity contribution is -0.0208. The largest absolute Gasteiger partial charge is 0.497 e. The summed E-state index contributed by atoms with van der Waals surface area (Å²) < 4.78 is 11.2. The molecule has 1 saturated heterocycles. The number of hydrogen-bond acceptors (Lipinski definition) is 3. The van der Waals surface area contributed by atoms with Crippen LogP contribution in [0.4, 0.5) is 0 Å². The third-order valence-corrected chi connectivity index (χ3v) is 4.78. The van der Waals surface area contributed by atoms with Crippen LogP contribution in [-0.4, -0.2) is 43.7 Å². The Morgan fingerprint density at radius 3 is 2.80 bits per heavy atom. The number of rotatable bonds is 4. The van der Waals surface area contributed by atoms with Crippen molar-refractivity contribution < 1.29 is 14.3 Å². The molecule has 0 radical (unpaired) electrons. The van der Waals surface area contributed by atoms with Crippen LogP contribution in [0.3, 0.4) is 0 Å². The number of carbonyl (C=O) groups is 1. The molecule has 0 aromatic heterocycles. The second kappa shape index (κ2) is 7.70. The molecule has 0 unspecified atom stereocenters. The van der Waals surface area contributed by atoms with Gasteiger partial charge < -0.3 is 14.4 Å². The Kier molecular flexibility index (Phi) is 5.39. The molecule has 132 valence electrons. The van der Waals surface area contributed by atoms with Gasteiger partial charge in [-0.3, -0.25) is 4.79 Å². The Morgan fingerprint density at radius 1 is 1.20 bits per heavy atom. The van der Waals surface area contributed by atoms with Crippen molar-refractivity contribution in [2.24, 2.45) is 0 Å². The molecule has 1 heterocycles. The first-order valence-corrected chi connectivity index (χ1v) is 8.68. The highest BCUT2D eigenvalue weighted by Gasteiger charge is 2.25. The van der Waals surface area contributed by atoms with Gasteiger partial charge in [0.15, 0.2) is 0 Å². The third kappa shape index (κ3) is 4.20. The molecule has 1 aliphatic rings. The van der Waals surface area contributed by atoms with Crippen molar-refractivity contribution in [2.75, 3.05) is 26.8 Å². The molecule has 1 amide bonds. The maximum absolute atomic E-state index is 12.8. The first-order valence-electron chi connectivity index (χ1n) is 8.68. The molecule has 2 aromatic carbocycles. The summed E-state index contributed by atoms with van der Waals surface area (Å²) in [4.78, 5) is 14.7. The van der Waals surface area contributed by atoms with E-state index in [0.717, 1.165) is 28.9 Å².